The van der Waals surface area contributed by atoms with Crippen molar-refractivity contribution in [1.82, 2.24) is 4.98 Å². The second-order valence-electron chi connectivity index (χ2n) is 7.06. The van der Waals surface area contributed by atoms with Gasteiger partial charge in [-0.2, -0.15) is 0 Å². The van der Waals surface area contributed by atoms with Gasteiger partial charge in [-0.25, -0.2) is 4.98 Å². The smallest absolute Gasteiger partial charge is 0.267 e. The van der Waals surface area contributed by atoms with Crippen molar-refractivity contribution in [3.8, 4) is 16.3 Å². The van der Waals surface area contributed by atoms with Gasteiger partial charge in [-0.05, 0) is 56.3 Å². The molecular formula is C23H19ClN2O2S. The van der Waals surface area contributed by atoms with E-state index >= 15 is 0 Å². The summed E-state index contributed by atoms with van der Waals surface area (Å²) in [5, 5.41) is 4.26. The molecule has 1 amide bonds. The number of carbonyl (C=O) groups is 1. The quantitative estimate of drug-likeness (QED) is 0.404. The fourth-order valence-electron chi connectivity index (χ4n) is 2.86. The molecule has 146 valence electrons. The highest BCUT2D eigenvalue weighted by molar-refractivity contribution is 7.21. The third-order valence-corrected chi connectivity index (χ3v) is 5.80. The number of hydrogen-bond acceptors (Lipinski definition) is 4. The lowest BCUT2D eigenvalue weighted by Crippen LogP contribution is -2.42. The Balaban J connectivity index is 1.52. The molecule has 4 nitrogen and oxygen atoms in total. The summed E-state index contributed by atoms with van der Waals surface area (Å²) < 4.78 is 6.95. The fourth-order valence-corrected chi connectivity index (χ4v) is 4.20. The van der Waals surface area contributed by atoms with E-state index in [2.05, 4.69) is 10.3 Å². The van der Waals surface area contributed by atoms with Gasteiger partial charge in [0.05, 0.1) is 15.2 Å². The van der Waals surface area contributed by atoms with Gasteiger partial charge in [0.2, 0.25) is 0 Å². The molecule has 1 N–H and O–H groups in total. The van der Waals surface area contributed by atoms with Crippen LogP contribution < -0.4 is 10.1 Å². The van der Waals surface area contributed by atoms with Crippen molar-refractivity contribution in [2.75, 3.05) is 5.32 Å². The van der Waals surface area contributed by atoms with Crippen molar-refractivity contribution in [2.45, 2.75) is 19.4 Å². The van der Waals surface area contributed by atoms with Crippen molar-refractivity contribution >= 4 is 44.7 Å². The monoisotopic (exact) mass is 422 g/mol. The summed E-state index contributed by atoms with van der Waals surface area (Å²) in [6.07, 6.45) is 0. The Morgan fingerprint density at radius 1 is 1.03 bits per heavy atom. The number of carbonyl (C=O) groups excluding carboxylic acids is 1. The molecule has 4 aromatic rings. The third-order valence-electron chi connectivity index (χ3n) is 4.41. The number of anilines is 1. The summed E-state index contributed by atoms with van der Waals surface area (Å²) >= 11 is 8.09. The number of thiazole rings is 1. The molecule has 0 aliphatic heterocycles. The summed E-state index contributed by atoms with van der Waals surface area (Å²) in [6.45, 7) is 3.46. The van der Waals surface area contributed by atoms with Gasteiger partial charge < -0.3 is 10.1 Å². The van der Waals surface area contributed by atoms with Crippen molar-refractivity contribution in [2.24, 2.45) is 0 Å². The van der Waals surface area contributed by atoms with Crippen LogP contribution in [0, 0.1) is 0 Å². The van der Waals surface area contributed by atoms with E-state index in [0.29, 0.717) is 16.5 Å². The number of rotatable bonds is 5. The lowest BCUT2D eigenvalue weighted by atomic mass is 10.1. The molecule has 1 heterocycles. The van der Waals surface area contributed by atoms with Crippen LogP contribution in [0.1, 0.15) is 13.8 Å². The highest BCUT2D eigenvalue weighted by atomic mass is 35.5. The molecule has 0 saturated heterocycles. The second-order valence-corrected chi connectivity index (χ2v) is 8.50. The van der Waals surface area contributed by atoms with Crippen LogP contribution in [-0.4, -0.2) is 16.5 Å². The van der Waals surface area contributed by atoms with Crippen molar-refractivity contribution in [1.29, 1.82) is 0 Å². The number of halogens is 1. The maximum atomic E-state index is 12.7. The molecule has 0 saturated carbocycles. The lowest BCUT2D eigenvalue weighted by molar-refractivity contribution is -0.128. The van der Waals surface area contributed by atoms with Crippen LogP contribution in [0.25, 0.3) is 20.8 Å². The molecule has 6 heteroatoms. The van der Waals surface area contributed by atoms with Crippen LogP contribution in [0.2, 0.25) is 5.02 Å². The first-order valence-corrected chi connectivity index (χ1v) is 10.3. The summed E-state index contributed by atoms with van der Waals surface area (Å²) in [5.74, 6) is 0.377. The number of fused-ring (bicyclic) bond motifs is 1. The summed E-state index contributed by atoms with van der Waals surface area (Å²) in [5.41, 5.74) is 1.35. The molecule has 0 bridgehead atoms. The third kappa shape index (κ3) is 4.26. The number of ether oxygens (including phenoxy) is 1. The van der Waals surface area contributed by atoms with Gasteiger partial charge in [0.1, 0.15) is 10.8 Å². The first-order valence-electron chi connectivity index (χ1n) is 9.13. The SMILES string of the molecule is CC(C)(Oc1ccccc1)C(=O)Nc1ccc(-c2nc3ccccc3s2)c(Cl)c1. The van der Waals surface area contributed by atoms with E-state index in [1.807, 2.05) is 66.7 Å². The largest absolute Gasteiger partial charge is 0.478 e. The van der Waals surface area contributed by atoms with E-state index in [1.54, 1.807) is 31.3 Å². The topological polar surface area (TPSA) is 51.2 Å². The Morgan fingerprint density at radius 2 is 1.76 bits per heavy atom. The molecule has 29 heavy (non-hydrogen) atoms. The first-order chi connectivity index (χ1) is 13.9. The Bertz CT molecular complexity index is 1140. The highest BCUT2D eigenvalue weighted by Crippen LogP contribution is 2.35. The molecule has 1 aromatic heterocycles. The predicted octanol–water partition coefficient (Wildman–Crippen LogP) is 6.41. The van der Waals surface area contributed by atoms with E-state index in [0.717, 1.165) is 20.8 Å². The van der Waals surface area contributed by atoms with Gasteiger partial charge in [-0.1, -0.05) is 41.9 Å². The van der Waals surface area contributed by atoms with Crippen LogP contribution in [0.3, 0.4) is 0 Å². The van der Waals surface area contributed by atoms with Gasteiger partial charge in [-0.15, -0.1) is 11.3 Å². The number of nitrogens with zero attached hydrogens (tertiary/aromatic N) is 1. The average molecular weight is 423 g/mol. The number of aromatic nitrogens is 1. The maximum Gasteiger partial charge on any atom is 0.267 e. The predicted molar refractivity (Wildman–Crippen MR) is 120 cm³/mol. The number of benzene rings is 3. The molecular weight excluding hydrogens is 404 g/mol. The number of nitrogens with one attached hydrogen (secondary N) is 1. The molecule has 0 aliphatic rings. The Hall–Kier alpha value is -2.89. The zero-order chi connectivity index (χ0) is 20.4. The van der Waals surface area contributed by atoms with E-state index in [-0.39, 0.29) is 5.91 Å². The number of hydrogen-bond donors (Lipinski definition) is 1. The number of amides is 1. The first kappa shape index (κ1) is 19.4. The fraction of sp³-hybridized carbons (Fsp3) is 0.130. The Labute approximate surface area is 178 Å². The van der Waals surface area contributed by atoms with Gasteiger partial charge in [0.15, 0.2) is 5.60 Å². The lowest BCUT2D eigenvalue weighted by Gasteiger charge is -2.25. The highest BCUT2D eigenvalue weighted by Gasteiger charge is 2.30. The minimum Gasteiger partial charge on any atom is -0.478 e. The van der Waals surface area contributed by atoms with Crippen molar-refractivity contribution in [3.63, 3.8) is 0 Å². The van der Waals surface area contributed by atoms with Crippen LogP contribution >= 0.6 is 22.9 Å². The minimum atomic E-state index is -1.04. The van der Waals surface area contributed by atoms with Gasteiger partial charge >= 0.3 is 0 Å². The zero-order valence-corrected chi connectivity index (χ0v) is 17.6. The van der Waals surface area contributed by atoms with E-state index in [4.69, 9.17) is 16.3 Å². The van der Waals surface area contributed by atoms with E-state index in [9.17, 15) is 4.79 Å². The molecule has 0 spiro atoms. The van der Waals surface area contributed by atoms with E-state index < -0.39 is 5.60 Å². The Morgan fingerprint density at radius 3 is 2.48 bits per heavy atom. The second kappa shape index (κ2) is 7.85. The molecule has 0 atom stereocenters. The van der Waals surface area contributed by atoms with Crippen LogP contribution in [-0.2, 0) is 4.79 Å². The molecule has 0 radical (unpaired) electrons. The number of para-hydroxylation sites is 2. The molecule has 4 rings (SSSR count). The summed E-state index contributed by atoms with van der Waals surface area (Å²) in [4.78, 5) is 17.4. The van der Waals surface area contributed by atoms with Crippen molar-refractivity contribution in [3.05, 3.63) is 77.8 Å². The van der Waals surface area contributed by atoms with Gasteiger partial charge in [0.25, 0.3) is 5.91 Å². The zero-order valence-electron chi connectivity index (χ0n) is 16.0. The van der Waals surface area contributed by atoms with Crippen LogP contribution in [0.15, 0.2) is 72.8 Å². The van der Waals surface area contributed by atoms with E-state index in [1.165, 1.54) is 0 Å². The summed E-state index contributed by atoms with van der Waals surface area (Å²) in [6, 6.07) is 22.7. The average Bonchev–Trinajstić information content (AvgIpc) is 3.12. The Kier molecular flexibility index (Phi) is 5.26. The maximum absolute atomic E-state index is 12.7. The molecule has 0 fully saturated rings. The minimum absolute atomic E-state index is 0.259. The normalized spacial score (nSPS) is 11.4. The molecule has 0 aliphatic carbocycles. The van der Waals surface area contributed by atoms with Crippen LogP contribution in [0.4, 0.5) is 5.69 Å². The van der Waals surface area contributed by atoms with Gasteiger partial charge in [-0.3, -0.25) is 4.79 Å². The van der Waals surface area contributed by atoms with Crippen LogP contribution in [0.5, 0.6) is 5.75 Å². The molecule has 3 aromatic carbocycles. The van der Waals surface area contributed by atoms with Gasteiger partial charge in [0, 0.05) is 11.3 Å². The standard InChI is InChI=1S/C23H19ClN2O2S/c1-23(2,28-16-8-4-3-5-9-16)22(27)25-15-12-13-17(18(24)14-15)21-26-19-10-6-7-11-20(19)29-21/h3-14H,1-2H3,(H,25,27). The summed E-state index contributed by atoms with van der Waals surface area (Å²) in [7, 11) is 0. The molecule has 0 unspecified atom stereocenters. The van der Waals surface area contributed by atoms with Crippen molar-refractivity contribution < 1.29 is 9.53 Å².